The number of unbranched alkanes of at least 4 members (excludes halogenated alkanes) is 1. The van der Waals surface area contributed by atoms with Crippen LogP contribution in [0.15, 0.2) is 46.6 Å². The molecule has 0 heterocycles. The van der Waals surface area contributed by atoms with Crippen LogP contribution < -0.4 is 0 Å². The van der Waals surface area contributed by atoms with Crippen molar-refractivity contribution in [3.05, 3.63) is 46.6 Å². The Labute approximate surface area is 158 Å². The third kappa shape index (κ3) is 2.64. The van der Waals surface area contributed by atoms with Crippen LogP contribution >= 0.6 is 0 Å². The first-order valence-electron chi connectivity index (χ1n) is 10.5. The van der Waals surface area contributed by atoms with E-state index in [9.17, 15) is 4.79 Å². The van der Waals surface area contributed by atoms with Crippen molar-refractivity contribution < 1.29 is 9.53 Å². The third-order valence-corrected chi connectivity index (χ3v) is 7.28. The van der Waals surface area contributed by atoms with Gasteiger partial charge >= 0.3 is 5.97 Å². The van der Waals surface area contributed by atoms with Crippen molar-refractivity contribution in [3.63, 3.8) is 0 Å². The zero-order valence-electron chi connectivity index (χ0n) is 16.6. The van der Waals surface area contributed by atoms with Gasteiger partial charge in [0.25, 0.3) is 0 Å². The second-order valence-corrected chi connectivity index (χ2v) is 8.96. The van der Waals surface area contributed by atoms with E-state index in [0.29, 0.717) is 6.61 Å². The van der Waals surface area contributed by atoms with E-state index in [1.54, 1.807) is 0 Å². The molecular weight excluding hydrogens is 320 g/mol. The molecule has 0 amide bonds. The molecule has 0 aromatic heterocycles. The third-order valence-electron chi connectivity index (χ3n) is 7.28. The Balaban J connectivity index is 1.78. The van der Waals surface area contributed by atoms with Crippen molar-refractivity contribution in [1.29, 1.82) is 0 Å². The zero-order chi connectivity index (χ0) is 18.4. The van der Waals surface area contributed by atoms with Crippen molar-refractivity contribution in [2.24, 2.45) is 16.7 Å². The summed E-state index contributed by atoms with van der Waals surface area (Å²) in [5.41, 5.74) is 6.02. The summed E-state index contributed by atoms with van der Waals surface area (Å²) in [6, 6.07) is 0. The van der Waals surface area contributed by atoms with Gasteiger partial charge in [0.15, 0.2) is 0 Å². The van der Waals surface area contributed by atoms with Gasteiger partial charge < -0.3 is 4.74 Å². The fraction of sp³-hybridized carbons (Fsp3) is 0.625. The van der Waals surface area contributed by atoms with Gasteiger partial charge in [-0.2, -0.15) is 0 Å². The molecule has 0 spiro atoms. The molecule has 0 saturated carbocycles. The van der Waals surface area contributed by atoms with Gasteiger partial charge in [0.05, 0.1) is 12.5 Å². The second kappa shape index (κ2) is 6.55. The summed E-state index contributed by atoms with van der Waals surface area (Å²) in [4.78, 5) is 13.1. The average molecular weight is 353 g/mol. The van der Waals surface area contributed by atoms with Crippen LogP contribution in [0, 0.1) is 16.7 Å². The molecule has 0 fully saturated rings. The second-order valence-electron chi connectivity index (χ2n) is 8.96. The molecule has 2 heteroatoms. The Kier molecular flexibility index (Phi) is 4.49. The van der Waals surface area contributed by atoms with Crippen LogP contribution in [0.3, 0.4) is 0 Å². The van der Waals surface area contributed by atoms with Gasteiger partial charge in [-0.05, 0) is 68.4 Å². The summed E-state index contributed by atoms with van der Waals surface area (Å²) in [5.74, 6) is -0.0999. The Morgan fingerprint density at radius 1 is 1.27 bits per heavy atom. The van der Waals surface area contributed by atoms with E-state index < -0.39 is 0 Å². The average Bonchev–Trinajstić information content (AvgIpc) is 3.02. The maximum Gasteiger partial charge on any atom is 0.313 e. The van der Waals surface area contributed by atoms with Gasteiger partial charge in [-0.1, -0.05) is 55.7 Å². The summed E-state index contributed by atoms with van der Waals surface area (Å²) in [6.45, 7) is 7.46. The van der Waals surface area contributed by atoms with E-state index in [4.69, 9.17) is 4.74 Å². The van der Waals surface area contributed by atoms with Crippen LogP contribution in [-0.4, -0.2) is 12.6 Å². The molecule has 4 aliphatic rings. The minimum Gasteiger partial charge on any atom is -0.465 e. The Morgan fingerprint density at radius 2 is 2.12 bits per heavy atom. The molecule has 4 aliphatic carbocycles. The zero-order valence-corrected chi connectivity index (χ0v) is 16.6. The Hall–Kier alpha value is -1.57. The highest BCUT2D eigenvalue weighted by molar-refractivity contribution is 5.80. The highest BCUT2D eigenvalue weighted by atomic mass is 16.5. The lowest BCUT2D eigenvalue weighted by atomic mass is 9.55. The molecule has 140 valence electrons. The monoisotopic (exact) mass is 352 g/mol. The number of ether oxygens (including phenoxy) is 1. The van der Waals surface area contributed by atoms with E-state index in [1.165, 1.54) is 35.1 Å². The number of hydrogen-bond donors (Lipinski definition) is 0. The topological polar surface area (TPSA) is 26.3 Å². The van der Waals surface area contributed by atoms with Crippen LogP contribution in [-0.2, 0) is 9.53 Å². The standard InChI is InChI=1S/C24H32O2/c1-4-5-15-26-22(25)18-16-17-9-6-7-13-24(17,3)20-11-14-23(2)12-8-10-19(23)21(18)20/h7,9-10,13,18H,4-6,8,11-12,14-16H2,1-3H3/t18-,23+,24+/m1/s1. The van der Waals surface area contributed by atoms with Crippen molar-refractivity contribution in [1.82, 2.24) is 0 Å². The maximum atomic E-state index is 13.1. The Bertz CT molecular complexity index is 735. The normalized spacial score (nSPS) is 35.3. The van der Waals surface area contributed by atoms with Crippen LogP contribution in [0.5, 0.6) is 0 Å². The van der Waals surface area contributed by atoms with E-state index >= 15 is 0 Å². The SMILES string of the molecule is CCCCOC(=O)[C@@H]1CC2=CCC=C[C@]2(C)C2=C1C1=CCC[C@@]1(C)CC2. The van der Waals surface area contributed by atoms with E-state index in [-0.39, 0.29) is 22.7 Å². The highest BCUT2D eigenvalue weighted by Gasteiger charge is 2.50. The van der Waals surface area contributed by atoms with Gasteiger partial charge in [0, 0.05) is 5.41 Å². The first-order valence-corrected chi connectivity index (χ1v) is 10.5. The summed E-state index contributed by atoms with van der Waals surface area (Å²) in [7, 11) is 0. The van der Waals surface area contributed by atoms with E-state index in [0.717, 1.165) is 38.5 Å². The predicted molar refractivity (Wildman–Crippen MR) is 106 cm³/mol. The van der Waals surface area contributed by atoms with Crippen LogP contribution in [0.2, 0.25) is 0 Å². The molecule has 0 radical (unpaired) electrons. The minimum atomic E-state index is -0.100. The van der Waals surface area contributed by atoms with Gasteiger partial charge in [-0.15, -0.1) is 0 Å². The predicted octanol–water partition coefficient (Wildman–Crippen LogP) is 6.06. The highest BCUT2D eigenvalue weighted by Crippen LogP contribution is 2.61. The minimum absolute atomic E-state index is 0.000466. The molecule has 0 bridgehead atoms. The Morgan fingerprint density at radius 3 is 2.92 bits per heavy atom. The molecule has 4 rings (SSSR count). The number of allylic oxidation sites excluding steroid dienone is 7. The fourth-order valence-electron chi connectivity index (χ4n) is 5.61. The van der Waals surface area contributed by atoms with Crippen molar-refractivity contribution in [3.8, 4) is 0 Å². The lowest BCUT2D eigenvalue weighted by Crippen LogP contribution is -2.39. The molecule has 0 unspecified atom stereocenters. The molecule has 3 atom stereocenters. The van der Waals surface area contributed by atoms with Gasteiger partial charge in [-0.3, -0.25) is 4.79 Å². The summed E-state index contributed by atoms with van der Waals surface area (Å²) in [5, 5.41) is 0. The van der Waals surface area contributed by atoms with Crippen LogP contribution in [0.1, 0.15) is 72.1 Å². The van der Waals surface area contributed by atoms with Gasteiger partial charge in [0.2, 0.25) is 0 Å². The molecule has 0 N–H and O–H groups in total. The number of rotatable bonds is 4. The number of carbonyl (C=O) groups excluding carboxylic acids is 1. The molecule has 2 nitrogen and oxygen atoms in total. The molecule has 0 saturated heterocycles. The van der Waals surface area contributed by atoms with Crippen molar-refractivity contribution >= 4 is 5.97 Å². The fourth-order valence-corrected chi connectivity index (χ4v) is 5.61. The van der Waals surface area contributed by atoms with Gasteiger partial charge in [-0.25, -0.2) is 0 Å². The molecular formula is C24H32O2. The first kappa shape index (κ1) is 17.8. The maximum absolute atomic E-state index is 13.1. The number of hydrogen-bond acceptors (Lipinski definition) is 2. The quantitative estimate of drug-likeness (QED) is 0.349. The molecule has 0 aliphatic heterocycles. The number of fused-ring (bicyclic) bond motifs is 4. The van der Waals surface area contributed by atoms with Crippen molar-refractivity contribution in [2.45, 2.75) is 72.1 Å². The molecule has 0 aromatic carbocycles. The summed E-state index contributed by atoms with van der Waals surface area (Å²) >= 11 is 0. The smallest absolute Gasteiger partial charge is 0.313 e. The van der Waals surface area contributed by atoms with E-state index in [1.807, 2.05) is 0 Å². The summed E-state index contributed by atoms with van der Waals surface area (Å²) < 4.78 is 5.72. The van der Waals surface area contributed by atoms with Gasteiger partial charge in [0.1, 0.15) is 0 Å². The first-order chi connectivity index (χ1) is 12.5. The van der Waals surface area contributed by atoms with Crippen molar-refractivity contribution in [2.75, 3.05) is 6.61 Å². The molecule has 0 aromatic rings. The molecule has 26 heavy (non-hydrogen) atoms. The number of esters is 1. The van der Waals surface area contributed by atoms with E-state index in [2.05, 4.69) is 45.1 Å². The lowest BCUT2D eigenvalue weighted by Gasteiger charge is -2.49. The van der Waals surface area contributed by atoms with Crippen LogP contribution in [0.25, 0.3) is 0 Å². The summed E-state index contributed by atoms with van der Waals surface area (Å²) in [6.07, 6.45) is 18.0. The number of carbonyl (C=O) groups is 1. The largest absolute Gasteiger partial charge is 0.465 e. The lowest BCUT2D eigenvalue weighted by molar-refractivity contribution is -0.147. The van der Waals surface area contributed by atoms with Crippen LogP contribution in [0.4, 0.5) is 0 Å².